The van der Waals surface area contributed by atoms with E-state index in [2.05, 4.69) is 90.9 Å². The minimum Gasteiger partial charge on any atom is -0.378 e. The first-order valence-corrected chi connectivity index (χ1v) is 12.1. The van der Waals surface area contributed by atoms with Gasteiger partial charge in [0.1, 0.15) is 0 Å². The third kappa shape index (κ3) is 4.05. The lowest BCUT2D eigenvalue weighted by Crippen LogP contribution is -2.60. The summed E-state index contributed by atoms with van der Waals surface area (Å²) in [5, 5.41) is 0. The number of allylic oxidation sites excluding steroid dienone is 2. The van der Waals surface area contributed by atoms with Crippen LogP contribution in [0.3, 0.4) is 0 Å². The number of hydrogen-bond acceptors (Lipinski definition) is 4. The van der Waals surface area contributed by atoms with Crippen LogP contribution in [0.25, 0.3) is 5.57 Å². The van der Waals surface area contributed by atoms with E-state index < -0.39 is 0 Å². The van der Waals surface area contributed by atoms with Crippen LogP contribution in [0, 0.1) is 0 Å². The first-order chi connectivity index (χ1) is 15.4. The summed E-state index contributed by atoms with van der Waals surface area (Å²) in [4.78, 5) is 20.5. The molecule has 2 aliphatic rings. The van der Waals surface area contributed by atoms with Crippen molar-refractivity contribution in [1.29, 1.82) is 0 Å². The molecule has 1 aliphatic heterocycles. The van der Waals surface area contributed by atoms with Crippen LogP contribution >= 0.6 is 0 Å². The summed E-state index contributed by atoms with van der Waals surface area (Å²) in [6.07, 6.45) is 3.48. The Bertz CT molecular complexity index is 1040. The SMILES string of the molecule is CN(C)c1ccc(C2=C(N3C(C)(C)CCCC3(C)C)C(c3ccc(N(C)C)cc3)C2=O)cc1. The molecule has 1 aliphatic carbocycles. The van der Waals surface area contributed by atoms with Crippen LogP contribution < -0.4 is 9.80 Å². The smallest absolute Gasteiger partial charge is 0.178 e. The third-order valence-electron chi connectivity index (χ3n) is 7.48. The molecular formula is C29H39N3O. The number of piperidine rings is 1. The molecule has 4 rings (SSSR count). The van der Waals surface area contributed by atoms with Gasteiger partial charge in [-0.2, -0.15) is 0 Å². The molecular weight excluding hydrogens is 406 g/mol. The van der Waals surface area contributed by atoms with E-state index in [1.807, 2.05) is 28.2 Å². The highest BCUT2D eigenvalue weighted by molar-refractivity contribution is 6.32. The molecule has 0 aromatic heterocycles. The number of carbonyl (C=O) groups is 1. The summed E-state index contributed by atoms with van der Waals surface area (Å²) in [6, 6.07) is 16.9. The lowest BCUT2D eigenvalue weighted by atomic mass is 9.68. The van der Waals surface area contributed by atoms with Crippen LogP contribution in [0.5, 0.6) is 0 Å². The fourth-order valence-corrected chi connectivity index (χ4v) is 5.84. The van der Waals surface area contributed by atoms with Gasteiger partial charge in [0.15, 0.2) is 5.78 Å². The molecule has 1 saturated heterocycles. The Labute approximate surface area is 199 Å². The summed E-state index contributed by atoms with van der Waals surface area (Å²) >= 11 is 0. The molecule has 1 heterocycles. The number of hydrogen-bond donors (Lipinski definition) is 0. The molecule has 176 valence electrons. The van der Waals surface area contributed by atoms with Crippen molar-refractivity contribution in [3.8, 4) is 0 Å². The van der Waals surface area contributed by atoms with Gasteiger partial charge in [0, 0.05) is 61.9 Å². The molecule has 4 nitrogen and oxygen atoms in total. The minimum atomic E-state index is -0.207. The van der Waals surface area contributed by atoms with Gasteiger partial charge in [-0.1, -0.05) is 24.3 Å². The van der Waals surface area contributed by atoms with Gasteiger partial charge < -0.3 is 14.7 Å². The van der Waals surface area contributed by atoms with Crippen molar-refractivity contribution in [2.24, 2.45) is 0 Å². The molecule has 0 spiro atoms. The van der Waals surface area contributed by atoms with Crippen molar-refractivity contribution in [3.63, 3.8) is 0 Å². The zero-order valence-corrected chi connectivity index (χ0v) is 21.6. The molecule has 0 bridgehead atoms. The van der Waals surface area contributed by atoms with Crippen LogP contribution in [0.2, 0.25) is 0 Å². The van der Waals surface area contributed by atoms with Crippen molar-refractivity contribution in [2.75, 3.05) is 38.0 Å². The average molecular weight is 446 g/mol. The van der Waals surface area contributed by atoms with E-state index in [0.717, 1.165) is 40.9 Å². The number of ketones is 1. The molecule has 0 saturated carbocycles. The highest BCUT2D eigenvalue weighted by Crippen LogP contribution is 2.53. The molecule has 1 fully saturated rings. The van der Waals surface area contributed by atoms with Crippen molar-refractivity contribution in [1.82, 2.24) is 4.90 Å². The van der Waals surface area contributed by atoms with Gasteiger partial charge in [-0.05, 0) is 82.3 Å². The summed E-state index contributed by atoms with van der Waals surface area (Å²) in [7, 11) is 8.17. The van der Waals surface area contributed by atoms with Gasteiger partial charge in [0.25, 0.3) is 0 Å². The highest BCUT2D eigenvalue weighted by atomic mass is 16.1. The van der Waals surface area contributed by atoms with E-state index in [-0.39, 0.29) is 22.8 Å². The topological polar surface area (TPSA) is 26.8 Å². The zero-order chi connectivity index (χ0) is 24.1. The number of benzene rings is 2. The Morgan fingerprint density at radius 1 is 0.758 bits per heavy atom. The quantitative estimate of drug-likeness (QED) is 0.569. The maximum Gasteiger partial charge on any atom is 0.178 e. The maximum absolute atomic E-state index is 13.8. The summed E-state index contributed by atoms with van der Waals surface area (Å²) in [5.41, 5.74) is 6.49. The minimum absolute atomic E-state index is 0.00552. The Hall–Kier alpha value is -2.75. The lowest BCUT2D eigenvalue weighted by molar-refractivity contribution is -0.117. The third-order valence-corrected chi connectivity index (χ3v) is 7.48. The van der Waals surface area contributed by atoms with Crippen molar-refractivity contribution in [3.05, 3.63) is 65.4 Å². The summed E-state index contributed by atoms with van der Waals surface area (Å²) in [5.74, 6) is 0.0266. The standard InChI is InChI=1S/C29H39N3O/c1-28(2)18-9-19-29(3,4)32(28)26-24(20-10-14-22(15-11-20)30(5)6)27(33)25(26)21-12-16-23(17-13-21)31(7)8/h10-17,24H,9,18-19H2,1-8H3. The Morgan fingerprint density at radius 3 is 1.67 bits per heavy atom. The lowest BCUT2D eigenvalue weighted by Gasteiger charge is -2.59. The molecule has 2 aromatic rings. The van der Waals surface area contributed by atoms with Gasteiger partial charge in [-0.3, -0.25) is 4.79 Å². The second-order valence-corrected chi connectivity index (χ2v) is 11.3. The number of nitrogens with zero attached hydrogens (tertiary/aromatic N) is 3. The van der Waals surface area contributed by atoms with Gasteiger partial charge in [0.05, 0.1) is 5.92 Å². The first-order valence-electron chi connectivity index (χ1n) is 12.1. The van der Waals surface area contributed by atoms with Gasteiger partial charge >= 0.3 is 0 Å². The molecule has 4 heteroatoms. The Kier molecular flexibility index (Phi) is 5.84. The molecule has 2 aromatic carbocycles. The molecule has 33 heavy (non-hydrogen) atoms. The van der Waals surface area contributed by atoms with E-state index in [1.54, 1.807) is 0 Å². The average Bonchev–Trinajstić information content (AvgIpc) is 2.73. The zero-order valence-electron chi connectivity index (χ0n) is 21.6. The van der Waals surface area contributed by atoms with E-state index in [1.165, 1.54) is 12.1 Å². The van der Waals surface area contributed by atoms with E-state index in [0.29, 0.717) is 0 Å². The van der Waals surface area contributed by atoms with Crippen LogP contribution in [-0.2, 0) is 4.79 Å². The van der Waals surface area contributed by atoms with Crippen molar-refractivity contribution >= 4 is 22.7 Å². The molecule has 0 radical (unpaired) electrons. The van der Waals surface area contributed by atoms with Gasteiger partial charge in [0.2, 0.25) is 0 Å². The first kappa shape index (κ1) is 23.4. The number of likely N-dealkylation sites (tertiary alicyclic amines) is 1. The van der Waals surface area contributed by atoms with Crippen LogP contribution in [0.4, 0.5) is 11.4 Å². The molecule has 1 unspecified atom stereocenters. The van der Waals surface area contributed by atoms with Gasteiger partial charge in [-0.25, -0.2) is 0 Å². The second-order valence-electron chi connectivity index (χ2n) is 11.3. The fourth-order valence-electron chi connectivity index (χ4n) is 5.84. The second kappa shape index (κ2) is 8.23. The highest BCUT2D eigenvalue weighted by Gasteiger charge is 2.52. The largest absolute Gasteiger partial charge is 0.378 e. The monoisotopic (exact) mass is 445 g/mol. The van der Waals surface area contributed by atoms with E-state index >= 15 is 0 Å². The molecule has 1 atom stereocenters. The number of anilines is 2. The predicted octanol–water partition coefficient (Wildman–Crippen LogP) is 5.94. The van der Waals surface area contributed by atoms with Crippen molar-refractivity contribution in [2.45, 2.75) is 64.0 Å². The predicted molar refractivity (Wildman–Crippen MR) is 140 cm³/mol. The van der Waals surface area contributed by atoms with Crippen molar-refractivity contribution < 1.29 is 4.79 Å². The normalized spacial score (nSPS) is 21.6. The molecule has 0 N–H and O–H groups in total. The van der Waals surface area contributed by atoms with Crippen LogP contribution in [-0.4, -0.2) is 50.0 Å². The summed E-state index contributed by atoms with van der Waals surface area (Å²) in [6.45, 7) is 9.34. The number of Topliss-reactive ketones (excluding diaryl/α,β-unsaturated/α-hetero) is 1. The van der Waals surface area contributed by atoms with Crippen LogP contribution in [0.1, 0.15) is 64.0 Å². The molecule has 0 amide bonds. The van der Waals surface area contributed by atoms with E-state index in [4.69, 9.17) is 0 Å². The number of rotatable bonds is 5. The summed E-state index contributed by atoms with van der Waals surface area (Å²) < 4.78 is 0. The Balaban J connectivity index is 1.87. The fraction of sp³-hybridized carbons (Fsp3) is 0.483. The van der Waals surface area contributed by atoms with Gasteiger partial charge in [-0.15, -0.1) is 0 Å². The number of carbonyl (C=O) groups excluding carboxylic acids is 1. The van der Waals surface area contributed by atoms with E-state index in [9.17, 15) is 4.79 Å². The maximum atomic E-state index is 13.8. The van der Waals surface area contributed by atoms with Crippen LogP contribution in [0.15, 0.2) is 54.2 Å². The Morgan fingerprint density at radius 2 is 1.21 bits per heavy atom.